The van der Waals surface area contributed by atoms with E-state index in [0.717, 1.165) is 45.9 Å². The zero-order valence-electron chi connectivity index (χ0n) is 17.5. The standard InChI is InChI=1S/C25H24N2O4S/c28-13-12-26-32-21-7-4-17(5-8-21)18-2-1-3-20(14-18)27-24(29)25(10-11-25)19-6-9-22-23(15-19)31-16-30-22/h1-9,14-15,26,28H,10-13,16H2,(H,27,29). The zero-order valence-corrected chi connectivity index (χ0v) is 18.3. The average Bonchev–Trinajstić information content (AvgIpc) is 3.51. The molecule has 0 spiro atoms. The molecule has 1 aliphatic heterocycles. The van der Waals surface area contributed by atoms with Crippen molar-refractivity contribution in [1.29, 1.82) is 0 Å². The molecule has 1 amide bonds. The number of rotatable bonds is 8. The summed E-state index contributed by atoms with van der Waals surface area (Å²) in [5.41, 5.74) is 3.36. The summed E-state index contributed by atoms with van der Waals surface area (Å²) < 4.78 is 14.0. The molecule has 164 valence electrons. The lowest BCUT2D eigenvalue weighted by Gasteiger charge is -2.17. The summed E-state index contributed by atoms with van der Waals surface area (Å²) in [6.07, 6.45) is 1.64. The van der Waals surface area contributed by atoms with Crippen LogP contribution >= 0.6 is 11.9 Å². The van der Waals surface area contributed by atoms with Gasteiger partial charge in [-0.05, 0) is 77.9 Å². The van der Waals surface area contributed by atoms with Gasteiger partial charge in [-0.25, -0.2) is 0 Å². The van der Waals surface area contributed by atoms with Crippen LogP contribution in [-0.2, 0) is 10.2 Å². The summed E-state index contributed by atoms with van der Waals surface area (Å²) in [6.45, 7) is 0.880. The van der Waals surface area contributed by atoms with Crippen LogP contribution in [0.15, 0.2) is 71.6 Å². The number of amides is 1. The van der Waals surface area contributed by atoms with E-state index in [2.05, 4.69) is 22.2 Å². The van der Waals surface area contributed by atoms with Crippen LogP contribution in [0.5, 0.6) is 11.5 Å². The second-order valence-electron chi connectivity index (χ2n) is 7.93. The van der Waals surface area contributed by atoms with Crippen LogP contribution in [0.4, 0.5) is 5.69 Å². The minimum absolute atomic E-state index is 0.00946. The molecule has 1 fully saturated rings. The van der Waals surface area contributed by atoms with E-state index in [9.17, 15) is 4.79 Å². The lowest BCUT2D eigenvalue weighted by atomic mass is 9.94. The van der Waals surface area contributed by atoms with Crippen LogP contribution in [0.25, 0.3) is 11.1 Å². The monoisotopic (exact) mass is 448 g/mol. The molecule has 0 radical (unpaired) electrons. The van der Waals surface area contributed by atoms with E-state index in [1.807, 2.05) is 54.6 Å². The van der Waals surface area contributed by atoms with Gasteiger partial charge in [0.25, 0.3) is 0 Å². The van der Waals surface area contributed by atoms with Gasteiger partial charge < -0.3 is 19.9 Å². The third-order valence-corrected chi connectivity index (χ3v) is 6.68. The van der Waals surface area contributed by atoms with Gasteiger partial charge >= 0.3 is 0 Å². The third-order valence-electron chi connectivity index (χ3n) is 5.82. The van der Waals surface area contributed by atoms with Gasteiger partial charge in [0, 0.05) is 17.1 Å². The second-order valence-corrected chi connectivity index (χ2v) is 8.89. The van der Waals surface area contributed by atoms with Gasteiger partial charge in [0.2, 0.25) is 12.7 Å². The largest absolute Gasteiger partial charge is 0.454 e. The van der Waals surface area contributed by atoms with Gasteiger partial charge in [-0.15, -0.1) is 0 Å². The summed E-state index contributed by atoms with van der Waals surface area (Å²) in [6, 6.07) is 21.9. The maximum atomic E-state index is 13.2. The molecule has 6 nitrogen and oxygen atoms in total. The summed E-state index contributed by atoms with van der Waals surface area (Å²) in [7, 11) is 0. The van der Waals surface area contributed by atoms with Crippen LogP contribution < -0.4 is 19.5 Å². The molecule has 1 heterocycles. The first-order valence-corrected chi connectivity index (χ1v) is 11.4. The highest BCUT2D eigenvalue weighted by atomic mass is 32.2. The second kappa shape index (κ2) is 8.86. The summed E-state index contributed by atoms with van der Waals surface area (Å²) in [5.74, 6) is 1.44. The fraction of sp³-hybridized carbons (Fsp3) is 0.240. The molecule has 3 N–H and O–H groups in total. The minimum atomic E-state index is -0.503. The Morgan fingerprint density at radius 1 is 0.969 bits per heavy atom. The van der Waals surface area contributed by atoms with Crippen LogP contribution in [-0.4, -0.2) is 31.0 Å². The maximum absolute atomic E-state index is 13.2. The van der Waals surface area contributed by atoms with Crippen molar-refractivity contribution >= 4 is 23.5 Å². The molecule has 0 unspecified atom stereocenters. The van der Waals surface area contributed by atoms with Gasteiger partial charge in [-0.3, -0.25) is 9.52 Å². The van der Waals surface area contributed by atoms with Crippen LogP contribution in [0.2, 0.25) is 0 Å². The molecule has 5 rings (SSSR count). The predicted octanol–water partition coefficient (Wildman–Crippen LogP) is 4.34. The maximum Gasteiger partial charge on any atom is 0.235 e. The molecule has 3 aromatic carbocycles. The Kier molecular flexibility index (Phi) is 5.78. The zero-order chi connectivity index (χ0) is 22.0. The van der Waals surface area contributed by atoms with E-state index < -0.39 is 5.41 Å². The molecule has 32 heavy (non-hydrogen) atoms. The first kappa shape index (κ1) is 20.9. The average molecular weight is 449 g/mol. The quantitative estimate of drug-likeness (QED) is 0.351. The molecular weight excluding hydrogens is 424 g/mol. The van der Waals surface area contributed by atoms with Gasteiger partial charge in [0.15, 0.2) is 11.5 Å². The first-order valence-electron chi connectivity index (χ1n) is 10.6. The number of aliphatic hydroxyl groups excluding tert-OH is 1. The Bertz CT molecular complexity index is 1130. The lowest BCUT2D eigenvalue weighted by Crippen LogP contribution is -2.27. The van der Waals surface area contributed by atoms with Crippen molar-refractivity contribution in [3.63, 3.8) is 0 Å². The number of hydrogen-bond acceptors (Lipinski definition) is 6. The van der Waals surface area contributed by atoms with Crippen molar-refractivity contribution in [3.8, 4) is 22.6 Å². The summed E-state index contributed by atoms with van der Waals surface area (Å²) >= 11 is 1.49. The van der Waals surface area contributed by atoms with E-state index >= 15 is 0 Å². The van der Waals surface area contributed by atoms with Gasteiger partial charge in [0.1, 0.15) is 0 Å². The molecular formula is C25H24N2O4S. The third kappa shape index (κ3) is 4.19. The molecule has 2 aliphatic rings. The summed E-state index contributed by atoms with van der Waals surface area (Å²) in [5, 5.41) is 12.0. The van der Waals surface area contributed by atoms with Gasteiger partial charge in [-0.1, -0.05) is 30.3 Å². The topological polar surface area (TPSA) is 79.8 Å². The number of nitrogens with one attached hydrogen (secondary N) is 2. The van der Waals surface area contributed by atoms with Crippen molar-refractivity contribution in [3.05, 3.63) is 72.3 Å². The molecule has 1 aliphatic carbocycles. The number of fused-ring (bicyclic) bond motifs is 1. The Hall–Kier alpha value is -3.00. The summed E-state index contributed by atoms with van der Waals surface area (Å²) in [4.78, 5) is 14.3. The molecule has 0 bridgehead atoms. The fourth-order valence-electron chi connectivity index (χ4n) is 3.89. The SMILES string of the molecule is O=C(Nc1cccc(-c2ccc(SNCCO)cc2)c1)C1(c2ccc3c(c2)OCO3)CC1. The number of carbonyl (C=O) groups is 1. The lowest BCUT2D eigenvalue weighted by molar-refractivity contribution is -0.118. The Balaban J connectivity index is 1.29. The van der Waals surface area contributed by atoms with E-state index in [4.69, 9.17) is 14.6 Å². The van der Waals surface area contributed by atoms with Crippen molar-refractivity contribution < 1.29 is 19.4 Å². The van der Waals surface area contributed by atoms with E-state index in [0.29, 0.717) is 12.3 Å². The number of ether oxygens (including phenoxy) is 2. The highest BCUT2D eigenvalue weighted by Gasteiger charge is 2.51. The van der Waals surface area contributed by atoms with E-state index in [-0.39, 0.29) is 19.3 Å². The van der Waals surface area contributed by atoms with Crippen molar-refractivity contribution in [2.45, 2.75) is 23.2 Å². The number of benzene rings is 3. The fourth-order valence-corrected chi connectivity index (χ4v) is 4.52. The van der Waals surface area contributed by atoms with Crippen molar-refractivity contribution in [2.75, 3.05) is 25.3 Å². The number of carbonyl (C=O) groups excluding carboxylic acids is 1. The smallest absolute Gasteiger partial charge is 0.235 e. The normalized spacial score (nSPS) is 15.4. The van der Waals surface area contributed by atoms with Crippen molar-refractivity contribution in [1.82, 2.24) is 4.72 Å². The van der Waals surface area contributed by atoms with E-state index in [1.165, 1.54) is 11.9 Å². The number of aliphatic hydroxyl groups is 1. The number of anilines is 1. The Morgan fingerprint density at radius 2 is 1.78 bits per heavy atom. The van der Waals surface area contributed by atoms with Crippen LogP contribution in [0.3, 0.4) is 0 Å². The molecule has 0 aromatic heterocycles. The molecule has 0 saturated heterocycles. The molecule has 7 heteroatoms. The predicted molar refractivity (Wildman–Crippen MR) is 125 cm³/mol. The van der Waals surface area contributed by atoms with Crippen LogP contribution in [0, 0.1) is 0 Å². The van der Waals surface area contributed by atoms with Gasteiger partial charge in [-0.2, -0.15) is 0 Å². The number of hydrogen-bond donors (Lipinski definition) is 3. The highest BCUT2D eigenvalue weighted by molar-refractivity contribution is 7.97. The first-order chi connectivity index (χ1) is 15.7. The highest BCUT2D eigenvalue weighted by Crippen LogP contribution is 2.51. The van der Waals surface area contributed by atoms with Crippen molar-refractivity contribution in [2.24, 2.45) is 0 Å². The Morgan fingerprint density at radius 3 is 2.56 bits per heavy atom. The molecule has 0 atom stereocenters. The van der Waals surface area contributed by atoms with Gasteiger partial charge in [0.05, 0.1) is 12.0 Å². The molecule has 3 aromatic rings. The Labute approximate surface area is 191 Å². The van der Waals surface area contributed by atoms with E-state index in [1.54, 1.807) is 0 Å². The molecule has 1 saturated carbocycles. The minimum Gasteiger partial charge on any atom is -0.454 e. The van der Waals surface area contributed by atoms with Crippen LogP contribution in [0.1, 0.15) is 18.4 Å².